The maximum atomic E-state index is 13.2. The summed E-state index contributed by atoms with van der Waals surface area (Å²) < 4.78 is 11.5. The number of aryl methyl sites for hydroxylation is 1. The first-order valence-electron chi connectivity index (χ1n) is 12.3. The normalized spacial score (nSPS) is 16.4. The SMILES string of the molecule is Cc1cc(/C(O)=C2/C(=O)C(=O)N(Cc3ccc(C(=O)O)cc3)C2c2ccco2)ccc1OCc1ccccc1. The smallest absolute Gasteiger partial charge is 0.335 e. The molecule has 1 unspecified atom stereocenters. The number of benzene rings is 3. The van der Waals surface area contributed by atoms with Gasteiger partial charge in [0.05, 0.1) is 17.4 Å². The number of aliphatic hydroxyl groups is 1. The van der Waals surface area contributed by atoms with Crippen LogP contribution in [0.3, 0.4) is 0 Å². The van der Waals surface area contributed by atoms with Gasteiger partial charge in [-0.3, -0.25) is 9.59 Å². The van der Waals surface area contributed by atoms with Gasteiger partial charge in [-0.25, -0.2) is 4.79 Å². The van der Waals surface area contributed by atoms with Crippen LogP contribution in [0.1, 0.15) is 44.4 Å². The average molecular weight is 524 g/mol. The van der Waals surface area contributed by atoms with Gasteiger partial charge >= 0.3 is 5.97 Å². The monoisotopic (exact) mass is 523 g/mol. The molecule has 1 aliphatic rings. The molecule has 0 radical (unpaired) electrons. The number of Topliss-reactive ketones (excluding diaryl/α,β-unsaturated/α-hetero) is 1. The number of nitrogens with zero attached hydrogens (tertiary/aromatic N) is 1. The third kappa shape index (κ3) is 5.17. The summed E-state index contributed by atoms with van der Waals surface area (Å²) in [7, 11) is 0. The number of rotatable bonds is 8. The molecule has 0 aliphatic carbocycles. The fourth-order valence-corrected chi connectivity index (χ4v) is 4.58. The van der Waals surface area contributed by atoms with Gasteiger partial charge in [0.15, 0.2) is 0 Å². The van der Waals surface area contributed by atoms with E-state index in [1.165, 1.54) is 23.3 Å². The van der Waals surface area contributed by atoms with E-state index in [4.69, 9.17) is 14.3 Å². The van der Waals surface area contributed by atoms with Gasteiger partial charge in [0, 0.05) is 12.1 Å². The Kier molecular flexibility index (Phi) is 7.01. The van der Waals surface area contributed by atoms with Crippen molar-refractivity contribution in [3.05, 3.63) is 130 Å². The van der Waals surface area contributed by atoms with Gasteiger partial charge in [-0.15, -0.1) is 0 Å². The van der Waals surface area contributed by atoms with Crippen molar-refractivity contribution < 1.29 is 33.8 Å². The lowest BCUT2D eigenvalue weighted by atomic mass is 9.98. The highest BCUT2D eigenvalue weighted by Crippen LogP contribution is 2.41. The molecule has 8 nitrogen and oxygen atoms in total. The highest BCUT2D eigenvalue weighted by atomic mass is 16.5. The van der Waals surface area contributed by atoms with E-state index >= 15 is 0 Å². The minimum Gasteiger partial charge on any atom is -0.507 e. The van der Waals surface area contributed by atoms with Crippen molar-refractivity contribution >= 4 is 23.4 Å². The van der Waals surface area contributed by atoms with Crippen LogP contribution in [-0.2, 0) is 22.7 Å². The van der Waals surface area contributed by atoms with Gasteiger partial charge in [0.1, 0.15) is 29.9 Å². The quantitative estimate of drug-likeness (QED) is 0.178. The Morgan fingerprint density at radius 3 is 2.26 bits per heavy atom. The Bertz CT molecular complexity index is 1550. The average Bonchev–Trinajstić information content (AvgIpc) is 3.56. The molecule has 1 aliphatic heterocycles. The molecule has 0 saturated carbocycles. The fourth-order valence-electron chi connectivity index (χ4n) is 4.58. The van der Waals surface area contributed by atoms with Gasteiger partial charge in [0.2, 0.25) is 0 Å². The number of carboxylic acids is 1. The van der Waals surface area contributed by atoms with Crippen molar-refractivity contribution in [2.75, 3.05) is 0 Å². The molecule has 1 aromatic heterocycles. The molecule has 1 saturated heterocycles. The van der Waals surface area contributed by atoms with E-state index in [0.29, 0.717) is 29.2 Å². The van der Waals surface area contributed by atoms with Crippen LogP contribution < -0.4 is 4.74 Å². The summed E-state index contributed by atoms with van der Waals surface area (Å²) in [5.41, 5.74) is 2.76. The number of carboxylic acid groups (broad SMARTS) is 1. The molecule has 1 atom stereocenters. The van der Waals surface area contributed by atoms with Gasteiger partial charge in [-0.2, -0.15) is 0 Å². The number of amides is 1. The van der Waals surface area contributed by atoms with Crippen LogP contribution in [-0.4, -0.2) is 32.8 Å². The van der Waals surface area contributed by atoms with Crippen LogP contribution in [0.25, 0.3) is 5.76 Å². The number of carbonyl (C=O) groups excluding carboxylic acids is 2. The van der Waals surface area contributed by atoms with E-state index in [1.807, 2.05) is 37.3 Å². The summed E-state index contributed by atoms with van der Waals surface area (Å²) >= 11 is 0. The molecule has 2 heterocycles. The summed E-state index contributed by atoms with van der Waals surface area (Å²) in [5, 5.41) is 20.5. The molecular formula is C31H25NO7. The zero-order valence-electron chi connectivity index (χ0n) is 21.0. The number of carbonyl (C=O) groups is 3. The van der Waals surface area contributed by atoms with Crippen molar-refractivity contribution in [2.45, 2.75) is 26.1 Å². The van der Waals surface area contributed by atoms with E-state index in [0.717, 1.165) is 11.1 Å². The number of aliphatic hydroxyl groups excluding tert-OH is 1. The maximum Gasteiger partial charge on any atom is 0.335 e. The Labute approximate surface area is 224 Å². The molecule has 39 heavy (non-hydrogen) atoms. The predicted molar refractivity (Wildman–Crippen MR) is 142 cm³/mol. The van der Waals surface area contributed by atoms with Crippen LogP contribution >= 0.6 is 0 Å². The number of aromatic carboxylic acids is 1. The Balaban J connectivity index is 1.47. The maximum absolute atomic E-state index is 13.2. The molecule has 4 aromatic rings. The number of ether oxygens (including phenoxy) is 1. The van der Waals surface area contributed by atoms with Crippen LogP contribution in [0.4, 0.5) is 0 Å². The Hall–Kier alpha value is -5.11. The summed E-state index contributed by atoms with van der Waals surface area (Å²) in [5.74, 6) is -2.07. The van der Waals surface area contributed by atoms with Crippen molar-refractivity contribution in [3.8, 4) is 5.75 Å². The Morgan fingerprint density at radius 2 is 1.62 bits per heavy atom. The van der Waals surface area contributed by atoms with Gasteiger partial charge < -0.3 is 24.3 Å². The van der Waals surface area contributed by atoms with E-state index < -0.39 is 23.7 Å². The fraction of sp³-hybridized carbons (Fsp3) is 0.129. The van der Waals surface area contributed by atoms with Crippen molar-refractivity contribution in [1.29, 1.82) is 0 Å². The molecule has 0 bridgehead atoms. The number of furan rings is 1. The highest BCUT2D eigenvalue weighted by molar-refractivity contribution is 6.46. The second-order valence-corrected chi connectivity index (χ2v) is 9.20. The Morgan fingerprint density at radius 1 is 0.897 bits per heavy atom. The molecule has 3 aromatic carbocycles. The number of likely N-dealkylation sites (tertiary alicyclic amines) is 1. The zero-order chi connectivity index (χ0) is 27.5. The second kappa shape index (κ2) is 10.7. The number of hydrogen-bond donors (Lipinski definition) is 2. The van der Waals surface area contributed by atoms with Crippen LogP contribution in [0.5, 0.6) is 5.75 Å². The molecule has 8 heteroatoms. The molecule has 5 rings (SSSR count). The molecule has 0 spiro atoms. The predicted octanol–water partition coefficient (Wildman–Crippen LogP) is 5.49. The van der Waals surface area contributed by atoms with Gasteiger partial charge in [0.25, 0.3) is 11.7 Å². The van der Waals surface area contributed by atoms with E-state index in [2.05, 4.69) is 0 Å². The minimum atomic E-state index is -1.07. The van der Waals surface area contributed by atoms with Gasteiger partial charge in [-0.1, -0.05) is 42.5 Å². The topological polar surface area (TPSA) is 117 Å². The number of hydrogen-bond acceptors (Lipinski definition) is 6. The molecule has 2 N–H and O–H groups in total. The van der Waals surface area contributed by atoms with E-state index in [1.54, 1.807) is 42.5 Å². The van der Waals surface area contributed by atoms with Crippen LogP contribution in [0.15, 0.2) is 101 Å². The van der Waals surface area contributed by atoms with Crippen molar-refractivity contribution in [3.63, 3.8) is 0 Å². The largest absolute Gasteiger partial charge is 0.507 e. The molecular weight excluding hydrogens is 498 g/mol. The van der Waals surface area contributed by atoms with Crippen molar-refractivity contribution in [2.24, 2.45) is 0 Å². The van der Waals surface area contributed by atoms with E-state index in [-0.39, 0.29) is 23.4 Å². The number of ketones is 1. The highest BCUT2D eigenvalue weighted by Gasteiger charge is 2.47. The minimum absolute atomic E-state index is 0.0118. The lowest BCUT2D eigenvalue weighted by molar-refractivity contribution is -0.140. The third-order valence-electron chi connectivity index (χ3n) is 6.59. The van der Waals surface area contributed by atoms with Crippen LogP contribution in [0, 0.1) is 6.92 Å². The van der Waals surface area contributed by atoms with Crippen molar-refractivity contribution in [1.82, 2.24) is 4.90 Å². The first kappa shape index (κ1) is 25.5. The lowest BCUT2D eigenvalue weighted by Gasteiger charge is -2.23. The molecule has 1 amide bonds. The first-order chi connectivity index (χ1) is 18.8. The van der Waals surface area contributed by atoms with Crippen LogP contribution in [0.2, 0.25) is 0 Å². The standard InChI is InChI=1S/C31H25NO7/c1-19-16-23(13-14-24(19)39-18-21-6-3-2-4-7-21)28(33)26-27(25-8-5-15-38-25)32(30(35)29(26)34)17-20-9-11-22(12-10-20)31(36)37/h2-16,27,33H,17-18H2,1H3,(H,36,37)/b28-26-. The second-order valence-electron chi connectivity index (χ2n) is 9.20. The zero-order valence-corrected chi connectivity index (χ0v) is 21.0. The summed E-state index contributed by atoms with van der Waals surface area (Å²) in [6.07, 6.45) is 1.43. The molecule has 196 valence electrons. The lowest BCUT2D eigenvalue weighted by Crippen LogP contribution is -2.29. The summed E-state index contributed by atoms with van der Waals surface area (Å²) in [6, 6.07) is 23.1. The summed E-state index contributed by atoms with van der Waals surface area (Å²) in [4.78, 5) is 38.9. The molecule has 1 fully saturated rings. The van der Waals surface area contributed by atoms with E-state index in [9.17, 15) is 19.5 Å². The first-order valence-corrected chi connectivity index (χ1v) is 12.3. The van der Waals surface area contributed by atoms with Gasteiger partial charge in [-0.05, 0) is 66.1 Å². The summed E-state index contributed by atoms with van der Waals surface area (Å²) in [6.45, 7) is 2.22. The third-order valence-corrected chi connectivity index (χ3v) is 6.59.